The predicted molar refractivity (Wildman–Crippen MR) is 594 cm³/mol. The van der Waals surface area contributed by atoms with Gasteiger partial charge in [0.1, 0.15) is 55.2 Å². The number of para-hydroxylation sites is 2. The zero-order chi connectivity index (χ0) is 104. The highest BCUT2D eigenvalue weighted by Gasteiger charge is 2.51. The highest BCUT2D eigenvalue weighted by Crippen LogP contribution is 2.46. The summed E-state index contributed by atoms with van der Waals surface area (Å²) in [6, 6.07) is 88.9. The van der Waals surface area contributed by atoms with E-state index in [1.54, 1.807) is 16.7 Å². The van der Waals surface area contributed by atoms with Crippen LogP contribution in [0.5, 0.6) is 0 Å². The molecule has 1 unspecified atom stereocenters. The molecule has 0 spiro atoms. The minimum Gasteiger partial charge on any atom is -0.323 e. The van der Waals surface area contributed by atoms with Crippen molar-refractivity contribution in [1.29, 1.82) is 0 Å². The fraction of sp³-hybridized carbons (Fsp3) is 0.575. The summed E-state index contributed by atoms with van der Waals surface area (Å²) in [5, 5.41) is 0. The summed E-state index contributed by atoms with van der Waals surface area (Å²) in [5.74, 6) is 3.95. The second-order valence-electron chi connectivity index (χ2n) is 47.2. The molecule has 0 amide bonds. The average molecular weight is 1830 g/mol. The minimum atomic E-state index is -2.00. The van der Waals surface area contributed by atoms with Crippen LogP contribution in [0.3, 0.4) is 0 Å². The Balaban J connectivity index is 0.000000284. The van der Waals surface area contributed by atoms with Crippen molar-refractivity contribution >= 4 is 11.4 Å². The highest BCUT2D eigenvalue weighted by atomic mass is 15.4. The van der Waals surface area contributed by atoms with E-state index in [9.17, 15) is 0 Å². The molecular formula is C127H206N7+7. The second kappa shape index (κ2) is 52.1. The molecule has 0 aliphatic carbocycles. The third-order valence-corrected chi connectivity index (χ3v) is 32.8. The number of rotatable bonds is 32. The molecule has 742 valence electrons. The Labute approximate surface area is 833 Å². The molecule has 134 heavy (non-hydrogen) atoms. The van der Waals surface area contributed by atoms with Crippen LogP contribution >= 0.6 is 0 Å². The average Bonchev–Trinajstić information content (AvgIpc) is 1.66. The van der Waals surface area contributed by atoms with Crippen molar-refractivity contribution in [3.63, 3.8) is 0 Å². The standard InChI is InChI=1S/C25H30N.C19H32N.C19H34N.C17H28N.C17H30N.2C15H26N/c1-20(2)25-18-12-11-13-22(25)19-26(21(3)4,23-14-7-5-8-15-23)24-16-9-6-10-17-24;1-15(2)17-11-7-8-12-18(17)19(5,6)20(16(3)4)13-9-10-14-20;1-14(2)19-12-10-9-11-18(19)13-20(15(3)4,16(5)6)17(7)8;1-14(2)17-10-6-5-9-16(17)13-18(15(3)4)11-7-8-12-18;1-13(2)15-11-9-10-12-16(15)17(5,6)18(7,8)14(3)4;2*1-12(2)15-10-8-7-9-14(15)11-16(5,6)13(3)4/h5-18,20-21H,19H2,1-4H3;7-8,11-12,15-16H,9-10,13-14H2,1-6H3;9-12,14-17H,13H2,1-8H3;5-6,9-10,14-15H,7-8,11-13H2,1-4H3;9-14H,1-8H3;2*7-10,12-13H,11H2,1-6H3/q7*+1/i;;;;;5D3;. The molecule has 0 N–H and O–H groups in total. The van der Waals surface area contributed by atoms with Crippen LogP contribution in [0.15, 0.2) is 231 Å². The smallest absolute Gasteiger partial charge is 0.138 e. The molecule has 11 rings (SSSR count). The Kier molecular flexibility index (Phi) is 43.5. The van der Waals surface area contributed by atoms with Crippen LogP contribution < -0.4 is 4.48 Å². The topological polar surface area (TPSA) is 0 Å². The van der Waals surface area contributed by atoms with Crippen LogP contribution in [-0.4, -0.2) is 150 Å². The van der Waals surface area contributed by atoms with Crippen molar-refractivity contribution in [2.24, 2.45) is 0 Å². The maximum absolute atomic E-state index is 7.85. The third kappa shape index (κ3) is 29.9. The van der Waals surface area contributed by atoms with Crippen molar-refractivity contribution in [2.45, 2.75) is 415 Å². The van der Waals surface area contributed by atoms with E-state index in [0.717, 1.165) is 49.2 Å². The molecule has 2 aliphatic rings. The molecule has 0 radical (unpaired) electrons. The first kappa shape index (κ1) is 112. The second-order valence-corrected chi connectivity index (χ2v) is 47.2. The molecule has 0 aromatic heterocycles. The Hall–Kier alpha value is -7.30. The monoisotopic (exact) mass is 1830 g/mol. The van der Waals surface area contributed by atoms with Gasteiger partial charge in [-0.3, -0.25) is 4.48 Å². The first-order valence-electron chi connectivity index (χ1n) is 54.4. The van der Waals surface area contributed by atoms with E-state index in [0.29, 0.717) is 90.3 Å². The fourth-order valence-electron chi connectivity index (χ4n) is 21.9. The summed E-state index contributed by atoms with van der Waals surface area (Å²) in [6.45, 7) is 91.5. The Bertz CT molecular complexity index is 4880. The summed E-state index contributed by atoms with van der Waals surface area (Å²) < 4.78 is 30.2. The largest absolute Gasteiger partial charge is 0.323 e. The van der Waals surface area contributed by atoms with Gasteiger partial charge in [0.2, 0.25) is 0 Å². The third-order valence-electron chi connectivity index (χ3n) is 32.8. The van der Waals surface area contributed by atoms with E-state index in [1.165, 1.54) is 134 Å². The Morgan fingerprint density at radius 2 is 0.545 bits per heavy atom. The van der Waals surface area contributed by atoms with Crippen molar-refractivity contribution in [1.82, 2.24) is 4.48 Å². The summed E-state index contributed by atoms with van der Waals surface area (Å²) >= 11 is 0. The van der Waals surface area contributed by atoms with E-state index < -0.39 is 6.98 Å². The normalized spacial score (nSPS) is 15.2. The number of likely N-dealkylation sites (tertiary alicyclic amines) is 2. The van der Waals surface area contributed by atoms with Crippen LogP contribution in [0.1, 0.15) is 398 Å². The summed E-state index contributed by atoms with van der Waals surface area (Å²) in [7, 11) is 11.1. The molecule has 9 aromatic rings. The number of nitrogens with zero attached hydrogens (tertiary/aromatic N) is 7. The quantitative estimate of drug-likeness (QED) is 0.0369. The van der Waals surface area contributed by atoms with Crippen LogP contribution in [0, 0.1) is 0 Å². The first-order chi connectivity index (χ1) is 63.7. The molecule has 7 heteroatoms. The van der Waals surface area contributed by atoms with Crippen molar-refractivity contribution in [3.8, 4) is 0 Å². The zero-order valence-electron chi connectivity index (χ0n) is 97.0. The summed E-state index contributed by atoms with van der Waals surface area (Å²) in [5.41, 5.74) is 23.5. The van der Waals surface area contributed by atoms with Gasteiger partial charge in [0, 0.05) is 64.6 Å². The van der Waals surface area contributed by atoms with Gasteiger partial charge in [0.15, 0.2) is 0 Å². The van der Waals surface area contributed by atoms with Gasteiger partial charge in [0.05, 0.1) is 127 Å². The van der Waals surface area contributed by atoms with Gasteiger partial charge < -0.3 is 26.9 Å². The van der Waals surface area contributed by atoms with E-state index in [1.807, 2.05) is 33.0 Å². The van der Waals surface area contributed by atoms with Crippen LogP contribution in [0.25, 0.3) is 0 Å². The van der Waals surface area contributed by atoms with E-state index in [4.69, 9.17) is 4.11 Å². The maximum atomic E-state index is 7.85. The maximum Gasteiger partial charge on any atom is 0.138 e. The lowest BCUT2D eigenvalue weighted by Gasteiger charge is -2.51. The highest BCUT2D eigenvalue weighted by molar-refractivity contribution is 5.60. The summed E-state index contributed by atoms with van der Waals surface area (Å²) in [4.78, 5) is 0. The van der Waals surface area contributed by atoms with Gasteiger partial charge >= 0.3 is 0 Å². The van der Waals surface area contributed by atoms with Gasteiger partial charge in [-0.15, -0.1) is 0 Å². The van der Waals surface area contributed by atoms with Crippen molar-refractivity contribution in [3.05, 3.63) is 308 Å². The van der Waals surface area contributed by atoms with Gasteiger partial charge in [-0.25, -0.2) is 0 Å². The van der Waals surface area contributed by atoms with E-state index in [2.05, 4.69) is 482 Å². The van der Waals surface area contributed by atoms with Crippen LogP contribution in [-0.2, 0) is 43.8 Å². The predicted octanol–water partition coefficient (Wildman–Crippen LogP) is 33.9. The molecule has 2 aliphatic heterocycles. The Morgan fingerprint density at radius 1 is 0.269 bits per heavy atom. The Morgan fingerprint density at radius 3 is 0.851 bits per heavy atom. The molecule has 2 saturated heterocycles. The van der Waals surface area contributed by atoms with E-state index in [-0.39, 0.29) is 21.6 Å². The summed E-state index contributed by atoms with van der Waals surface area (Å²) in [6.07, 6.45) is 5.57. The zero-order valence-corrected chi connectivity index (χ0v) is 94.0. The fourth-order valence-corrected chi connectivity index (χ4v) is 21.9. The molecule has 0 bridgehead atoms. The number of benzene rings is 9. The van der Waals surface area contributed by atoms with Gasteiger partial charge in [-0.1, -0.05) is 303 Å². The van der Waals surface area contributed by atoms with Crippen LogP contribution in [0.2, 0.25) is 0 Å². The number of hydrogen-bond donors (Lipinski definition) is 0. The van der Waals surface area contributed by atoms with Crippen molar-refractivity contribution in [2.75, 3.05) is 68.4 Å². The molecule has 7 nitrogen and oxygen atoms in total. The molecule has 2 heterocycles. The lowest BCUT2D eigenvalue weighted by Crippen LogP contribution is -2.61. The molecular weight excluding hydrogens is 1620 g/mol. The van der Waals surface area contributed by atoms with Gasteiger partial charge in [-0.2, -0.15) is 0 Å². The van der Waals surface area contributed by atoms with Gasteiger partial charge in [0.25, 0.3) is 0 Å². The van der Waals surface area contributed by atoms with Gasteiger partial charge in [-0.05, 0) is 257 Å². The van der Waals surface area contributed by atoms with E-state index >= 15 is 0 Å². The van der Waals surface area contributed by atoms with Crippen molar-refractivity contribution < 1.29 is 31.0 Å². The molecule has 1 atom stereocenters. The number of hydrogen-bond acceptors (Lipinski definition) is 0. The first-order valence-corrected chi connectivity index (χ1v) is 52.9. The molecule has 0 saturated carbocycles. The molecule has 2 fully saturated rings. The molecule has 9 aromatic carbocycles. The minimum absolute atomic E-state index is 0.0488. The lowest BCUT2D eigenvalue weighted by molar-refractivity contribution is -0.997. The number of quaternary nitrogens is 7. The SMILES string of the molecule is CC(C)c1ccccc1C(C)(C)[N+](C)(C)C(C)C.CC(C)c1ccccc1C(C)(C)[N+]1(C(C)C)CCCC1.CC(C)c1ccccc1C[N+](C(C)C)(C(C)C)C(C)C.CC(C)c1ccccc1C[N+](C)(C)C(C)C.CC(C)c1ccccc1C[N+](c1ccccc1)(c1ccccc1)C(C)C.CC(C)c1ccccc1C[N+]1(C(C)C)CCCC1.[2H]C([2H])([2H])[N+](C)(Cc1ccccc1C(C)C)C(C)C. The van der Waals surface area contributed by atoms with Crippen LogP contribution in [0.4, 0.5) is 11.4 Å². The lowest BCUT2D eigenvalue weighted by atomic mass is 9.82.